The molecule has 21 heavy (non-hydrogen) atoms. The van der Waals surface area contributed by atoms with Crippen molar-refractivity contribution in [1.82, 2.24) is 10.6 Å². The third kappa shape index (κ3) is 6.31. The van der Waals surface area contributed by atoms with Gasteiger partial charge in [0.15, 0.2) is 11.6 Å². The Hall–Kier alpha value is -1.33. The summed E-state index contributed by atoms with van der Waals surface area (Å²) < 4.78 is 18.6. The van der Waals surface area contributed by atoms with E-state index in [2.05, 4.69) is 10.6 Å². The molecule has 2 rings (SSSR count). The van der Waals surface area contributed by atoms with E-state index in [0.29, 0.717) is 32.0 Å². The van der Waals surface area contributed by atoms with Crippen LogP contribution in [0, 0.1) is 5.82 Å². The van der Waals surface area contributed by atoms with Crippen molar-refractivity contribution in [3.05, 3.63) is 30.1 Å². The Bertz CT molecular complexity index is 439. The zero-order chi connectivity index (χ0) is 14.2. The van der Waals surface area contributed by atoms with Gasteiger partial charge in [-0.3, -0.25) is 4.79 Å². The maximum atomic E-state index is 13.3. The molecule has 1 unspecified atom stereocenters. The molecule has 1 aliphatic heterocycles. The Morgan fingerprint density at radius 2 is 2.24 bits per heavy atom. The topological polar surface area (TPSA) is 50.4 Å². The Balaban J connectivity index is 0.00000220. The molecule has 0 aliphatic carbocycles. The second kappa shape index (κ2) is 9.58. The molecule has 1 fully saturated rings. The van der Waals surface area contributed by atoms with Crippen molar-refractivity contribution in [2.75, 3.05) is 19.7 Å². The van der Waals surface area contributed by atoms with Crippen LogP contribution < -0.4 is 15.4 Å². The molecule has 1 heterocycles. The first kappa shape index (κ1) is 17.7. The minimum atomic E-state index is -0.371. The fourth-order valence-corrected chi connectivity index (χ4v) is 2.23. The van der Waals surface area contributed by atoms with E-state index in [1.165, 1.54) is 12.5 Å². The summed E-state index contributed by atoms with van der Waals surface area (Å²) in [5.41, 5.74) is 0. The van der Waals surface area contributed by atoms with Gasteiger partial charge in [0, 0.05) is 19.0 Å². The molecular weight excluding hydrogens is 295 g/mol. The van der Waals surface area contributed by atoms with Gasteiger partial charge < -0.3 is 15.4 Å². The summed E-state index contributed by atoms with van der Waals surface area (Å²) >= 11 is 0. The summed E-state index contributed by atoms with van der Waals surface area (Å²) in [5.74, 6) is -0.108. The molecular formula is C15H22ClFN2O2. The van der Waals surface area contributed by atoms with E-state index in [9.17, 15) is 9.18 Å². The van der Waals surface area contributed by atoms with Gasteiger partial charge in [-0.2, -0.15) is 0 Å². The zero-order valence-corrected chi connectivity index (χ0v) is 12.8. The summed E-state index contributed by atoms with van der Waals surface area (Å²) in [4.78, 5) is 11.6. The maximum Gasteiger partial charge on any atom is 0.220 e. The van der Waals surface area contributed by atoms with E-state index in [1.54, 1.807) is 18.2 Å². The first-order valence-electron chi connectivity index (χ1n) is 7.13. The average Bonchev–Trinajstić information content (AvgIpc) is 2.96. The monoisotopic (exact) mass is 316 g/mol. The van der Waals surface area contributed by atoms with E-state index < -0.39 is 0 Å². The van der Waals surface area contributed by atoms with E-state index >= 15 is 0 Å². The summed E-state index contributed by atoms with van der Waals surface area (Å²) in [6.07, 6.45) is 3.28. The summed E-state index contributed by atoms with van der Waals surface area (Å²) in [5, 5.41) is 6.23. The number of hydrogen-bond donors (Lipinski definition) is 2. The number of para-hydroxylation sites is 1. The first-order valence-corrected chi connectivity index (χ1v) is 7.13. The number of carbonyl (C=O) groups excluding carboxylic acids is 1. The van der Waals surface area contributed by atoms with Crippen LogP contribution in [0.25, 0.3) is 0 Å². The maximum absolute atomic E-state index is 13.3. The van der Waals surface area contributed by atoms with Gasteiger partial charge in [0.2, 0.25) is 5.91 Å². The van der Waals surface area contributed by atoms with Crippen LogP contribution in [-0.2, 0) is 4.79 Å². The fraction of sp³-hybridized carbons (Fsp3) is 0.533. The SMILES string of the molecule is Cl.O=C(CCCOc1ccccc1F)NCC1CCCN1. The Kier molecular flexibility index (Phi) is 8.08. The van der Waals surface area contributed by atoms with Crippen molar-refractivity contribution in [3.63, 3.8) is 0 Å². The van der Waals surface area contributed by atoms with Crippen molar-refractivity contribution >= 4 is 18.3 Å². The zero-order valence-electron chi connectivity index (χ0n) is 11.9. The Morgan fingerprint density at radius 1 is 1.43 bits per heavy atom. The molecule has 1 aromatic rings. The summed E-state index contributed by atoms with van der Waals surface area (Å²) in [6, 6.07) is 6.69. The number of rotatable bonds is 7. The van der Waals surface area contributed by atoms with Crippen LogP contribution in [0.3, 0.4) is 0 Å². The van der Waals surface area contributed by atoms with Gasteiger partial charge in [0.05, 0.1) is 6.61 Å². The fourth-order valence-electron chi connectivity index (χ4n) is 2.23. The molecule has 0 radical (unpaired) electrons. The number of ether oxygens (including phenoxy) is 1. The van der Waals surface area contributed by atoms with Gasteiger partial charge in [-0.15, -0.1) is 12.4 Å². The molecule has 1 amide bonds. The molecule has 0 aromatic heterocycles. The molecule has 2 N–H and O–H groups in total. The molecule has 118 valence electrons. The van der Waals surface area contributed by atoms with Gasteiger partial charge in [-0.25, -0.2) is 4.39 Å². The quantitative estimate of drug-likeness (QED) is 0.759. The third-order valence-electron chi connectivity index (χ3n) is 3.35. The van der Waals surface area contributed by atoms with E-state index in [1.807, 2.05) is 0 Å². The predicted octanol–water partition coefficient (Wildman–Crippen LogP) is 2.27. The number of carbonyl (C=O) groups is 1. The van der Waals surface area contributed by atoms with E-state index in [0.717, 1.165) is 13.0 Å². The summed E-state index contributed by atoms with van der Waals surface area (Å²) in [6.45, 7) is 2.07. The highest BCUT2D eigenvalue weighted by Crippen LogP contribution is 2.15. The largest absolute Gasteiger partial charge is 0.491 e. The molecule has 1 atom stereocenters. The lowest BCUT2D eigenvalue weighted by Gasteiger charge is -2.11. The highest BCUT2D eigenvalue weighted by Gasteiger charge is 2.14. The standard InChI is InChI=1S/C15H21FN2O2.ClH/c16-13-6-1-2-7-14(13)20-10-4-8-15(19)18-11-12-5-3-9-17-12;/h1-2,6-7,12,17H,3-5,8-11H2,(H,18,19);1H. The van der Waals surface area contributed by atoms with Crippen LogP contribution in [0.1, 0.15) is 25.7 Å². The Labute approximate surface area is 130 Å². The first-order chi connectivity index (χ1) is 9.75. The summed E-state index contributed by atoms with van der Waals surface area (Å²) in [7, 11) is 0. The van der Waals surface area contributed by atoms with Gasteiger partial charge >= 0.3 is 0 Å². The highest BCUT2D eigenvalue weighted by molar-refractivity contribution is 5.85. The number of halogens is 2. The molecule has 0 saturated carbocycles. The van der Waals surface area contributed by atoms with Crippen LogP contribution in [0.2, 0.25) is 0 Å². The Morgan fingerprint density at radius 3 is 2.95 bits per heavy atom. The second-order valence-corrected chi connectivity index (χ2v) is 4.98. The lowest BCUT2D eigenvalue weighted by atomic mass is 10.2. The molecule has 1 aliphatic rings. The third-order valence-corrected chi connectivity index (χ3v) is 3.35. The van der Waals surface area contributed by atoms with Crippen LogP contribution in [0.4, 0.5) is 4.39 Å². The molecule has 1 aromatic carbocycles. The lowest BCUT2D eigenvalue weighted by molar-refractivity contribution is -0.121. The molecule has 0 bridgehead atoms. The number of benzene rings is 1. The van der Waals surface area contributed by atoms with Crippen LogP contribution >= 0.6 is 12.4 Å². The van der Waals surface area contributed by atoms with Crippen molar-refractivity contribution in [3.8, 4) is 5.75 Å². The van der Waals surface area contributed by atoms with Gasteiger partial charge in [0.25, 0.3) is 0 Å². The smallest absolute Gasteiger partial charge is 0.220 e. The van der Waals surface area contributed by atoms with E-state index in [4.69, 9.17) is 4.74 Å². The normalized spacial score (nSPS) is 17.1. The minimum Gasteiger partial charge on any atom is -0.491 e. The van der Waals surface area contributed by atoms with Crippen molar-refractivity contribution in [1.29, 1.82) is 0 Å². The molecule has 4 nitrogen and oxygen atoms in total. The van der Waals surface area contributed by atoms with Gasteiger partial charge in [-0.05, 0) is 37.9 Å². The highest BCUT2D eigenvalue weighted by atomic mass is 35.5. The van der Waals surface area contributed by atoms with Crippen molar-refractivity contribution in [2.45, 2.75) is 31.7 Å². The number of hydrogen-bond acceptors (Lipinski definition) is 3. The molecule has 1 saturated heterocycles. The van der Waals surface area contributed by atoms with Gasteiger partial charge in [-0.1, -0.05) is 12.1 Å². The molecule has 0 spiro atoms. The van der Waals surface area contributed by atoms with Crippen LogP contribution in [-0.4, -0.2) is 31.6 Å². The van der Waals surface area contributed by atoms with Crippen LogP contribution in [0.5, 0.6) is 5.75 Å². The lowest BCUT2D eigenvalue weighted by Crippen LogP contribution is -2.37. The van der Waals surface area contributed by atoms with Crippen molar-refractivity contribution < 1.29 is 13.9 Å². The second-order valence-electron chi connectivity index (χ2n) is 4.98. The molecule has 6 heteroatoms. The van der Waals surface area contributed by atoms with Gasteiger partial charge in [0.1, 0.15) is 0 Å². The minimum absolute atomic E-state index is 0. The van der Waals surface area contributed by atoms with Crippen LogP contribution in [0.15, 0.2) is 24.3 Å². The number of nitrogens with one attached hydrogen (secondary N) is 2. The van der Waals surface area contributed by atoms with Crippen molar-refractivity contribution in [2.24, 2.45) is 0 Å². The number of amides is 1. The average molecular weight is 317 g/mol. The predicted molar refractivity (Wildman–Crippen MR) is 82.4 cm³/mol. The van der Waals surface area contributed by atoms with E-state index in [-0.39, 0.29) is 29.9 Å².